The van der Waals surface area contributed by atoms with E-state index >= 15 is 0 Å². The van der Waals surface area contributed by atoms with Gasteiger partial charge in [-0.1, -0.05) is 19.9 Å². The monoisotopic (exact) mass is 293 g/mol. The van der Waals surface area contributed by atoms with Crippen molar-refractivity contribution in [1.29, 1.82) is 0 Å². The number of piperazine rings is 1. The molecule has 0 radical (unpaired) electrons. The molecule has 1 aliphatic rings. The Kier molecular flexibility index (Phi) is 6.00. The first-order valence-corrected chi connectivity index (χ1v) is 8.13. The van der Waals surface area contributed by atoms with Crippen LogP contribution in [-0.4, -0.2) is 43.7 Å². The summed E-state index contributed by atoms with van der Waals surface area (Å²) in [5.41, 5.74) is 1.77. The second-order valence-corrected chi connectivity index (χ2v) is 5.89. The molecule has 0 spiro atoms. The highest BCUT2D eigenvalue weighted by molar-refractivity contribution is 5.49. The van der Waals surface area contributed by atoms with Gasteiger partial charge in [0.15, 0.2) is 0 Å². The van der Waals surface area contributed by atoms with Crippen molar-refractivity contribution in [2.75, 3.05) is 37.6 Å². The van der Waals surface area contributed by atoms with E-state index in [1.807, 2.05) is 12.1 Å². The normalized spacial score (nSPS) is 20.0. The molecule has 0 bridgehead atoms. The number of anilines is 1. The van der Waals surface area contributed by atoms with Gasteiger partial charge in [0.25, 0.3) is 0 Å². The third kappa shape index (κ3) is 4.17. The zero-order valence-electron chi connectivity index (χ0n) is 13.5. The van der Waals surface area contributed by atoms with Crippen LogP contribution in [0.15, 0.2) is 18.2 Å². The summed E-state index contributed by atoms with van der Waals surface area (Å²) in [6, 6.07) is 6.13. The lowest BCUT2D eigenvalue weighted by molar-refractivity contribution is 0.199. The summed E-state index contributed by atoms with van der Waals surface area (Å²) in [6.07, 6.45) is 1.10. The van der Waals surface area contributed by atoms with E-state index < -0.39 is 0 Å². The van der Waals surface area contributed by atoms with Crippen molar-refractivity contribution < 1.29 is 4.39 Å². The van der Waals surface area contributed by atoms with Crippen molar-refractivity contribution in [3.8, 4) is 0 Å². The average molecular weight is 293 g/mol. The topological polar surface area (TPSA) is 18.5 Å². The van der Waals surface area contributed by atoms with Gasteiger partial charge in [0.1, 0.15) is 5.82 Å². The van der Waals surface area contributed by atoms with Crippen LogP contribution in [0.3, 0.4) is 0 Å². The molecule has 1 fully saturated rings. The van der Waals surface area contributed by atoms with Crippen molar-refractivity contribution in [2.45, 2.75) is 39.8 Å². The van der Waals surface area contributed by atoms with Gasteiger partial charge in [-0.2, -0.15) is 0 Å². The number of nitrogens with one attached hydrogen (secondary N) is 1. The van der Waals surface area contributed by atoms with Gasteiger partial charge in [0, 0.05) is 32.2 Å². The first-order valence-electron chi connectivity index (χ1n) is 8.13. The number of rotatable bonds is 6. The number of halogens is 1. The van der Waals surface area contributed by atoms with Gasteiger partial charge in [0.05, 0.1) is 5.69 Å². The molecule has 3 nitrogen and oxygen atoms in total. The molecule has 1 saturated heterocycles. The first-order chi connectivity index (χ1) is 10.2. The Hall–Kier alpha value is -1.13. The van der Waals surface area contributed by atoms with E-state index in [2.05, 4.69) is 35.9 Å². The van der Waals surface area contributed by atoms with E-state index in [9.17, 15) is 4.39 Å². The van der Waals surface area contributed by atoms with Crippen LogP contribution < -0.4 is 10.2 Å². The lowest BCUT2D eigenvalue weighted by Gasteiger charge is -2.40. The van der Waals surface area contributed by atoms with Gasteiger partial charge in [-0.3, -0.25) is 4.90 Å². The third-order valence-electron chi connectivity index (χ3n) is 4.28. The SMILES string of the molecule is CCCNCc1ccc(N2CCN(CC)C(C)C2)c(F)c1. The molecular formula is C17H28FN3. The Morgan fingerprint density at radius 1 is 1.29 bits per heavy atom. The van der Waals surface area contributed by atoms with Crippen molar-refractivity contribution in [3.05, 3.63) is 29.6 Å². The molecule has 118 valence electrons. The molecule has 2 rings (SSSR count). The second-order valence-electron chi connectivity index (χ2n) is 5.89. The Morgan fingerprint density at radius 2 is 2.10 bits per heavy atom. The minimum Gasteiger partial charge on any atom is -0.366 e. The standard InChI is InChI=1S/C17H28FN3/c1-4-8-19-12-15-6-7-17(16(18)11-15)21-10-9-20(5-2)14(3)13-21/h6-7,11,14,19H,4-5,8-10,12-13H2,1-3H3. The van der Waals surface area contributed by atoms with Crippen molar-refractivity contribution in [3.63, 3.8) is 0 Å². The van der Waals surface area contributed by atoms with Crippen molar-refractivity contribution in [1.82, 2.24) is 10.2 Å². The number of nitrogens with zero attached hydrogens (tertiary/aromatic N) is 2. The lowest BCUT2D eigenvalue weighted by Crippen LogP contribution is -2.52. The number of likely N-dealkylation sites (N-methyl/N-ethyl adjacent to an activating group) is 1. The fourth-order valence-electron chi connectivity index (χ4n) is 3.01. The van der Waals surface area contributed by atoms with Crippen LogP contribution >= 0.6 is 0 Å². The van der Waals surface area contributed by atoms with Gasteiger partial charge in [0.2, 0.25) is 0 Å². The maximum Gasteiger partial charge on any atom is 0.146 e. The van der Waals surface area contributed by atoms with Gasteiger partial charge in [-0.15, -0.1) is 0 Å². The molecule has 0 aliphatic carbocycles. The number of benzene rings is 1. The predicted molar refractivity (Wildman–Crippen MR) is 87.3 cm³/mol. The van der Waals surface area contributed by atoms with Gasteiger partial charge >= 0.3 is 0 Å². The summed E-state index contributed by atoms with van der Waals surface area (Å²) in [4.78, 5) is 4.62. The van der Waals surface area contributed by atoms with Crippen LogP contribution in [-0.2, 0) is 6.54 Å². The predicted octanol–water partition coefficient (Wildman–Crippen LogP) is 2.86. The van der Waals surface area contributed by atoms with Crippen LogP contribution in [0.25, 0.3) is 0 Å². The van der Waals surface area contributed by atoms with Crippen LogP contribution in [0.4, 0.5) is 10.1 Å². The zero-order valence-corrected chi connectivity index (χ0v) is 13.5. The van der Waals surface area contributed by atoms with Crippen molar-refractivity contribution >= 4 is 5.69 Å². The fraction of sp³-hybridized carbons (Fsp3) is 0.647. The average Bonchev–Trinajstić information content (AvgIpc) is 2.47. The highest BCUT2D eigenvalue weighted by Crippen LogP contribution is 2.23. The molecule has 0 aromatic heterocycles. The largest absolute Gasteiger partial charge is 0.366 e. The van der Waals surface area contributed by atoms with E-state index in [0.29, 0.717) is 6.04 Å². The summed E-state index contributed by atoms with van der Waals surface area (Å²) < 4.78 is 14.4. The molecule has 1 N–H and O–H groups in total. The summed E-state index contributed by atoms with van der Waals surface area (Å²) in [6.45, 7) is 12.1. The summed E-state index contributed by atoms with van der Waals surface area (Å²) in [7, 11) is 0. The molecule has 1 heterocycles. The second kappa shape index (κ2) is 7.76. The molecular weight excluding hydrogens is 265 g/mol. The summed E-state index contributed by atoms with van der Waals surface area (Å²) >= 11 is 0. The maximum absolute atomic E-state index is 14.4. The highest BCUT2D eigenvalue weighted by Gasteiger charge is 2.24. The maximum atomic E-state index is 14.4. The van der Waals surface area contributed by atoms with Crippen molar-refractivity contribution in [2.24, 2.45) is 0 Å². The summed E-state index contributed by atoms with van der Waals surface area (Å²) in [5.74, 6) is -0.0945. The Balaban J connectivity index is 2.00. The molecule has 0 amide bonds. The molecule has 1 aromatic rings. The molecule has 21 heavy (non-hydrogen) atoms. The van der Waals surface area contributed by atoms with E-state index in [1.54, 1.807) is 6.07 Å². The minimum atomic E-state index is -0.0945. The van der Waals surface area contributed by atoms with Crippen LogP contribution in [0.2, 0.25) is 0 Å². The van der Waals surface area contributed by atoms with Gasteiger partial charge in [-0.25, -0.2) is 4.39 Å². The Bertz CT molecular complexity index is 450. The van der Waals surface area contributed by atoms with E-state index in [4.69, 9.17) is 0 Å². The smallest absolute Gasteiger partial charge is 0.146 e. The van der Waals surface area contributed by atoms with E-state index in [1.165, 1.54) is 0 Å². The quantitative estimate of drug-likeness (QED) is 0.814. The Morgan fingerprint density at radius 3 is 2.71 bits per heavy atom. The zero-order chi connectivity index (χ0) is 15.2. The van der Waals surface area contributed by atoms with Gasteiger partial charge < -0.3 is 10.2 Å². The lowest BCUT2D eigenvalue weighted by atomic mass is 10.1. The fourth-order valence-corrected chi connectivity index (χ4v) is 3.01. The van der Waals surface area contributed by atoms with E-state index in [-0.39, 0.29) is 5.82 Å². The van der Waals surface area contributed by atoms with Gasteiger partial charge in [-0.05, 0) is 44.1 Å². The molecule has 4 heteroatoms. The highest BCUT2D eigenvalue weighted by atomic mass is 19.1. The molecule has 1 aromatic carbocycles. The van der Waals surface area contributed by atoms with Crippen LogP contribution in [0.5, 0.6) is 0 Å². The summed E-state index contributed by atoms with van der Waals surface area (Å²) in [5, 5.41) is 3.31. The van der Waals surface area contributed by atoms with Crippen LogP contribution in [0.1, 0.15) is 32.8 Å². The first kappa shape index (κ1) is 16.2. The minimum absolute atomic E-state index is 0.0945. The third-order valence-corrected chi connectivity index (χ3v) is 4.28. The number of hydrogen-bond acceptors (Lipinski definition) is 3. The molecule has 1 atom stereocenters. The van der Waals surface area contributed by atoms with E-state index in [0.717, 1.165) is 56.9 Å². The Labute approximate surface area is 128 Å². The molecule has 1 aliphatic heterocycles. The molecule has 1 unspecified atom stereocenters. The van der Waals surface area contributed by atoms with Crippen LogP contribution in [0, 0.1) is 5.82 Å². The number of hydrogen-bond donors (Lipinski definition) is 1. The molecule has 0 saturated carbocycles.